The number of nitrogens with one attached hydrogen (secondary N) is 1. The van der Waals surface area contributed by atoms with E-state index in [0.717, 1.165) is 18.2 Å². The molecule has 0 saturated carbocycles. The minimum Gasteiger partial charge on any atom is -0.490 e. The average Bonchev–Trinajstić information content (AvgIpc) is 2.64. The van der Waals surface area contributed by atoms with E-state index in [-0.39, 0.29) is 11.3 Å². The SMILES string of the molecule is CCOc1ccc(C(C)(C)C(=O)Nc2cc(C(=O)O)ccc2F)cc1OCC. The predicted octanol–water partition coefficient (Wildman–Crippen LogP) is 4.24. The number of aromatic carboxylic acids is 1. The molecule has 0 saturated heterocycles. The maximum Gasteiger partial charge on any atom is 0.335 e. The first kappa shape index (κ1) is 21.2. The number of halogens is 1. The molecule has 2 aromatic rings. The van der Waals surface area contributed by atoms with Gasteiger partial charge in [-0.3, -0.25) is 4.79 Å². The summed E-state index contributed by atoms with van der Waals surface area (Å²) in [5.41, 5.74) is -0.697. The molecule has 1 amide bonds. The number of carboxylic acids is 1. The standard InChI is InChI=1S/C21H24FNO5/c1-5-27-17-10-8-14(12-18(17)28-6-2)21(3,4)20(26)23-16-11-13(19(24)25)7-9-15(16)22/h7-12H,5-6H2,1-4H3,(H,23,26)(H,24,25). The fraction of sp³-hybridized carbons (Fsp3) is 0.333. The Kier molecular flexibility index (Phi) is 6.62. The van der Waals surface area contributed by atoms with Crippen LogP contribution < -0.4 is 14.8 Å². The monoisotopic (exact) mass is 389 g/mol. The lowest BCUT2D eigenvalue weighted by atomic mass is 9.83. The van der Waals surface area contributed by atoms with E-state index in [9.17, 15) is 14.0 Å². The molecule has 0 atom stereocenters. The first-order chi connectivity index (χ1) is 13.2. The van der Waals surface area contributed by atoms with E-state index in [1.54, 1.807) is 32.0 Å². The third-order valence-electron chi connectivity index (χ3n) is 4.29. The molecule has 0 aliphatic heterocycles. The van der Waals surface area contributed by atoms with E-state index in [1.165, 1.54) is 0 Å². The summed E-state index contributed by atoms with van der Waals surface area (Å²) in [5.74, 6) is -1.31. The van der Waals surface area contributed by atoms with E-state index in [0.29, 0.717) is 30.3 Å². The lowest BCUT2D eigenvalue weighted by molar-refractivity contribution is -0.120. The van der Waals surface area contributed by atoms with E-state index >= 15 is 0 Å². The number of rotatable bonds is 8. The van der Waals surface area contributed by atoms with Crippen LogP contribution in [0.3, 0.4) is 0 Å². The minimum absolute atomic E-state index is 0.116. The van der Waals surface area contributed by atoms with Crippen LogP contribution in [0.5, 0.6) is 11.5 Å². The maximum absolute atomic E-state index is 14.0. The Labute approximate surface area is 163 Å². The van der Waals surface area contributed by atoms with Crippen LogP contribution in [0.2, 0.25) is 0 Å². The number of hydrogen-bond donors (Lipinski definition) is 2. The van der Waals surface area contributed by atoms with E-state index < -0.39 is 23.1 Å². The molecule has 28 heavy (non-hydrogen) atoms. The van der Waals surface area contributed by atoms with Crippen LogP contribution in [0.25, 0.3) is 0 Å². The summed E-state index contributed by atoms with van der Waals surface area (Å²) < 4.78 is 25.2. The van der Waals surface area contributed by atoms with Crippen LogP contribution in [-0.2, 0) is 10.2 Å². The summed E-state index contributed by atoms with van der Waals surface area (Å²) in [6, 6.07) is 8.44. The first-order valence-electron chi connectivity index (χ1n) is 8.95. The number of carboxylic acid groups (broad SMARTS) is 1. The quantitative estimate of drug-likeness (QED) is 0.705. The van der Waals surface area contributed by atoms with Crippen LogP contribution in [0.15, 0.2) is 36.4 Å². The molecule has 2 aromatic carbocycles. The van der Waals surface area contributed by atoms with Crippen molar-refractivity contribution in [3.8, 4) is 11.5 Å². The molecule has 0 bridgehead atoms. The Hall–Kier alpha value is -3.09. The summed E-state index contributed by atoms with van der Waals surface area (Å²) in [5, 5.41) is 11.5. The third kappa shape index (κ3) is 4.60. The van der Waals surface area contributed by atoms with Gasteiger partial charge in [-0.05, 0) is 63.6 Å². The van der Waals surface area contributed by atoms with E-state index in [2.05, 4.69) is 5.32 Å². The van der Waals surface area contributed by atoms with Crippen molar-refractivity contribution < 1.29 is 28.6 Å². The third-order valence-corrected chi connectivity index (χ3v) is 4.29. The average molecular weight is 389 g/mol. The van der Waals surface area contributed by atoms with Crippen LogP contribution in [-0.4, -0.2) is 30.2 Å². The van der Waals surface area contributed by atoms with Gasteiger partial charge in [0.2, 0.25) is 5.91 Å². The highest BCUT2D eigenvalue weighted by molar-refractivity contribution is 5.99. The van der Waals surface area contributed by atoms with Crippen molar-refractivity contribution in [1.29, 1.82) is 0 Å². The molecule has 0 aliphatic carbocycles. The highest BCUT2D eigenvalue weighted by Gasteiger charge is 2.31. The summed E-state index contributed by atoms with van der Waals surface area (Å²) in [6.07, 6.45) is 0. The Balaban J connectivity index is 2.33. The lowest BCUT2D eigenvalue weighted by Gasteiger charge is -2.25. The largest absolute Gasteiger partial charge is 0.490 e. The molecule has 6 nitrogen and oxygen atoms in total. The van der Waals surface area contributed by atoms with Crippen molar-refractivity contribution >= 4 is 17.6 Å². The van der Waals surface area contributed by atoms with Gasteiger partial charge >= 0.3 is 5.97 Å². The smallest absolute Gasteiger partial charge is 0.335 e. The molecular formula is C21H24FNO5. The van der Waals surface area contributed by atoms with Crippen LogP contribution >= 0.6 is 0 Å². The summed E-state index contributed by atoms with van der Waals surface area (Å²) >= 11 is 0. The van der Waals surface area contributed by atoms with Crippen LogP contribution in [0.4, 0.5) is 10.1 Å². The van der Waals surface area contributed by atoms with Crippen LogP contribution in [0, 0.1) is 5.82 Å². The molecule has 0 unspecified atom stereocenters. The van der Waals surface area contributed by atoms with Gasteiger partial charge < -0.3 is 19.9 Å². The number of benzene rings is 2. The number of carbonyl (C=O) groups is 2. The van der Waals surface area contributed by atoms with Gasteiger partial charge in [-0.15, -0.1) is 0 Å². The molecule has 0 aliphatic rings. The van der Waals surface area contributed by atoms with Crippen molar-refractivity contribution in [1.82, 2.24) is 0 Å². The molecule has 2 rings (SSSR count). The van der Waals surface area contributed by atoms with Gasteiger partial charge in [0.1, 0.15) is 5.82 Å². The lowest BCUT2D eigenvalue weighted by Crippen LogP contribution is -2.35. The number of carbonyl (C=O) groups excluding carboxylic acids is 1. The summed E-state index contributed by atoms with van der Waals surface area (Å²) in [7, 11) is 0. The van der Waals surface area contributed by atoms with Crippen molar-refractivity contribution in [2.45, 2.75) is 33.1 Å². The summed E-state index contributed by atoms with van der Waals surface area (Å²) in [4.78, 5) is 23.9. The van der Waals surface area contributed by atoms with Gasteiger partial charge in [-0.1, -0.05) is 6.07 Å². The van der Waals surface area contributed by atoms with Gasteiger partial charge in [-0.2, -0.15) is 0 Å². The Bertz CT molecular complexity index is 879. The number of amides is 1. The Morgan fingerprint density at radius 3 is 2.29 bits per heavy atom. The van der Waals surface area contributed by atoms with Gasteiger partial charge in [0.05, 0.1) is 29.9 Å². The molecule has 0 spiro atoms. The summed E-state index contributed by atoms with van der Waals surface area (Å²) in [6.45, 7) is 7.99. The normalized spacial score (nSPS) is 11.0. The molecule has 0 aromatic heterocycles. The van der Waals surface area contributed by atoms with Gasteiger partial charge in [-0.25, -0.2) is 9.18 Å². The Morgan fingerprint density at radius 2 is 1.68 bits per heavy atom. The van der Waals surface area contributed by atoms with Gasteiger partial charge in [0.25, 0.3) is 0 Å². The van der Waals surface area contributed by atoms with Crippen molar-refractivity contribution in [3.05, 3.63) is 53.3 Å². The molecule has 7 heteroatoms. The van der Waals surface area contributed by atoms with Gasteiger partial charge in [0, 0.05) is 0 Å². The van der Waals surface area contributed by atoms with Crippen molar-refractivity contribution in [2.24, 2.45) is 0 Å². The molecule has 0 heterocycles. The second kappa shape index (κ2) is 8.73. The second-order valence-corrected chi connectivity index (χ2v) is 6.61. The fourth-order valence-electron chi connectivity index (χ4n) is 2.60. The minimum atomic E-state index is -1.21. The zero-order valence-corrected chi connectivity index (χ0v) is 16.3. The Morgan fingerprint density at radius 1 is 1.04 bits per heavy atom. The zero-order chi connectivity index (χ0) is 20.9. The van der Waals surface area contributed by atoms with E-state index in [4.69, 9.17) is 14.6 Å². The molecule has 2 N–H and O–H groups in total. The number of ether oxygens (including phenoxy) is 2. The number of anilines is 1. The van der Waals surface area contributed by atoms with Crippen molar-refractivity contribution in [3.63, 3.8) is 0 Å². The topological polar surface area (TPSA) is 84.9 Å². The van der Waals surface area contributed by atoms with Crippen LogP contribution in [0.1, 0.15) is 43.6 Å². The highest BCUT2D eigenvalue weighted by atomic mass is 19.1. The maximum atomic E-state index is 14.0. The van der Waals surface area contributed by atoms with Crippen molar-refractivity contribution in [2.75, 3.05) is 18.5 Å². The predicted molar refractivity (Wildman–Crippen MR) is 104 cm³/mol. The van der Waals surface area contributed by atoms with Gasteiger partial charge in [0.15, 0.2) is 11.5 Å². The number of hydrogen-bond acceptors (Lipinski definition) is 4. The zero-order valence-electron chi connectivity index (χ0n) is 16.3. The fourth-order valence-corrected chi connectivity index (χ4v) is 2.60. The van der Waals surface area contributed by atoms with E-state index in [1.807, 2.05) is 13.8 Å². The highest BCUT2D eigenvalue weighted by Crippen LogP contribution is 2.34. The second-order valence-electron chi connectivity index (χ2n) is 6.61. The molecular weight excluding hydrogens is 365 g/mol. The molecule has 0 radical (unpaired) electrons. The first-order valence-corrected chi connectivity index (χ1v) is 8.95. The molecule has 0 fully saturated rings. The molecule has 150 valence electrons.